The Morgan fingerprint density at radius 3 is 2.60 bits per heavy atom. The highest BCUT2D eigenvalue weighted by Crippen LogP contribution is 2.30. The zero-order chi connectivity index (χ0) is 14.5. The first-order chi connectivity index (χ1) is 9.61. The van der Waals surface area contributed by atoms with Gasteiger partial charge in [0.25, 0.3) is 0 Å². The van der Waals surface area contributed by atoms with Crippen molar-refractivity contribution in [1.82, 2.24) is 5.32 Å². The number of rotatable bonds is 5. The molecule has 0 aliphatic carbocycles. The highest BCUT2D eigenvalue weighted by Gasteiger charge is 2.17. The molecule has 1 N–H and O–H groups in total. The summed E-state index contributed by atoms with van der Waals surface area (Å²) in [6.07, 6.45) is 0.983. The van der Waals surface area contributed by atoms with Gasteiger partial charge in [0.15, 0.2) is 0 Å². The van der Waals surface area contributed by atoms with Crippen molar-refractivity contribution in [2.75, 3.05) is 6.54 Å². The molecule has 0 radical (unpaired) electrons. The lowest BCUT2D eigenvalue weighted by atomic mass is 9.98. The molecule has 0 spiro atoms. The Morgan fingerprint density at radius 1 is 1.15 bits per heavy atom. The molecule has 0 heterocycles. The number of hydrogen-bond acceptors (Lipinski definition) is 1. The van der Waals surface area contributed by atoms with Crippen molar-refractivity contribution >= 4 is 23.2 Å². The standard InChI is InChI=1S/C16H16Cl2FN/c1-2-8-20-16(11-4-3-5-13(19)9-11)14-7-6-12(17)10-15(14)18/h3-7,9-10,16,20H,2,8H2,1H3. The molecule has 0 saturated heterocycles. The van der Waals surface area contributed by atoms with Crippen molar-refractivity contribution in [2.45, 2.75) is 19.4 Å². The Bertz CT molecular complexity index is 586. The van der Waals surface area contributed by atoms with Gasteiger partial charge in [0.2, 0.25) is 0 Å². The summed E-state index contributed by atoms with van der Waals surface area (Å²) in [4.78, 5) is 0. The Hall–Kier alpha value is -1.09. The van der Waals surface area contributed by atoms with E-state index in [-0.39, 0.29) is 11.9 Å². The fraction of sp³-hybridized carbons (Fsp3) is 0.250. The van der Waals surface area contributed by atoms with Crippen molar-refractivity contribution in [3.05, 3.63) is 69.5 Å². The summed E-state index contributed by atoms with van der Waals surface area (Å²) >= 11 is 12.2. The first-order valence-electron chi connectivity index (χ1n) is 6.55. The molecule has 0 amide bonds. The third kappa shape index (κ3) is 3.72. The van der Waals surface area contributed by atoms with Gasteiger partial charge in [-0.2, -0.15) is 0 Å². The minimum atomic E-state index is -0.254. The van der Waals surface area contributed by atoms with E-state index in [0.717, 1.165) is 24.1 Å². The van der Waals surface area contributed by atoms with Crippen LogP contribution in [0, 0.1) is 5.82 Å². The van der Waals surface area contributed by atoms with Crippen LogP contribution in [0.5, 0.6) is 0 Å². The molecule has 0 fully saturated rings. The topological polar surface area (TPSA) is 12.0 Å². The molecule has 0 saturated carbocycles. The molecule has 2 aromatic carbocycles. The van der Waals surface area contributed by atoms with Gasteiger partial charge in [-0.3, -0.25) is 0 Å². The van der Waals surface area contributed by atoms with E-state index in [2.05, 4.69) is 12.2 Å². The van der Waals surface area contributed by atoms with Crippen molar-refractivity contribution in [1.29, 1.82) is 0 Å². The molecule has 0 aromatic heterocycles. The molecule has 2 aromatic rings. The summed E-state index contributed by atoms with van der Waals surface area (Å²) in [5, 5.41) is 4.56. The third-order valence-electron chi connectivity index (χ3n) is 3.05. The molecule has 4 heteroatoms. The van der Waals surface area contributed by atoms with Gasteiger partial charge >= 0.3 is 0 Å². The summed E-state index contributed by atoms with van der Waals surface area (Å²) in [5.74, 6) is -0.254. The molecule has 20 heavy (non-hydrogen) atoms. The second kappa shape index (κ2) is 7.07. The van der Waals surface area contributed by atoms with Crippen LogP contribution in [0.15, 0.2) is 42.5 Å². The van der Waals surface area contributed by atoms with E-state index < -0.39 is 0 Å². The molecule has 1 nitrogen and oxygen atoms in total. The molecular formula is C16H16Cl2FN. The van der Waals surface area contributed by atoms with Crippen molar-refractivity contribution in [3.8, 4) is 0 Å². The summed E-state index contributed by atoms with van der Waals surface area (Å²) in [7, 11) is 0. The van der Waals surface area contributed by atoms with E-state index in [9.17, 15) is 4.39 Å². The highest BCUT2D eigenvalue weighted by atomic mass is 35.5. The SMILES string of the molecule is CCCNC(c1cccc(F)c1)c1ccc(Cl)cc1Cl. The van der Waals surface area contributed by atoms with Crippen LogP contribution in [0.2, 0.25) is 10.0 Å². The second-order valence-corrected chi connectivity index (χ2v) is 5.45. The summed E-state index contributed by atoms with van der Waals surface area (Å²) in [5.41, 5.74) is 1.75. The van der Waals surface area contributed by atoms with Gasteiger partial charge in [-0.25, -0.2) is 4.39 Å². The first kappa shape index (κ1) is 15.3. The Balaban J connectivity index is 2.41. The predicted octanol–water partition coefficient (Wildman–Crippen LogP) is 5.22. The van der Waals surface area contributed by atoms with E-state index in [0.29, 0.717) is 10.0 Å². The normalized spacial score (nSPS) is 12.4. The lowest BCUT2D eigenvalue weighted by molar-refractivity contribution is 0.585. The lowest BCUT2D eigenvalue weighted by Crippen LogP contribution is -2.23. The van der Waals surface area contributed by atoms with Crippen LogP contribution < -0.4 is 5.32 Å². The first-order valence-corrected chi connectivity index (χ1v) is 7.31. The molecule has 0 aliphatic heterocycles. The molecule has 1 atom stereocenters. The van der Waals surface area contributed by atoms with E-state index >= 15 is 0 Å². The van der Waals surface area contributed by atoms with E-state index in [4.69, 9.17) is 23.2 Å². The Morgan fingerprint density at radius 2 is 1.95 bits per heavy atom. The van der Waals surface area contributed by atoms with Crippen LogP contribution in [-0.4, -0.2) is 6.54 Å². The lowest BCUT2D eigenvalue weighted by Gasteiger charge is -2.21. The summed E-state index contributed by atoms with van der Waals surface area (Å²) in [6, 6.07) is 11.8. The van der Waals surface area contributed by atoms with Gasteiger partial charge in [-0.15, -0.1) is 0 Å². The molecular weight excluding hydrogens is 296 g/mol. The minimum absolute atomic E-state index is 0.143. The summed E-state index contributed by atoms with van der Waals surface area (Å²) < 4.78 is 13.4. The van der Waals surface area contributed by atoms with Gasteiger partial charge in [0.1, 0.15) is 5.82 Å². The van der Waals surface area contributed by atoms with Gasteiger partial charge in [0.05, 0.1) is 6.04 Å². The predicted molar refractivity (Wildman–Crippen MR) is 83.0 cm³/mol. The van der Waals surface area contributed by atoms with Crippen LogP contribution >= 0.6 is 23.2 Å². The fourth-order valence-electron chi connectivity index (χ4n) is 2.12. The van der Waals surface area contributed by atoms with E-state index in [1.165, 1.54) is 12.1 Å². The van der Waals surface area contributed by atoms with E-state index in [1.807, 2.05) is 12.1 Å². The highest BCUT2D eigenvalue weighted by molar-refractivity contribution is 6.35. The third-order valence-corrected chi connectivity index (χ3v) is 3.62. The maximum atomic E-state index is 13.4. The molecule has 0 aliphatic rings. The maximum absolute atomic E-state index is 13.4. The largest absolute Gasteiger partial charge is 0.306 e. The van der Waals surface area contributed by atoms with Crippen LogP contribution in [0.3, 0.4) is 0 Å². The number of benzene rings is 2. The maximum Gasteiger partial charge on any atom is 0.123 e. The zero-order valence-corrected chi connectivity index (χ0v) is 12.7. The number of nitrogens with one attached hydrogen (secondary N) is 1. The quantitative estimate of drug-likeness (QED) is 0.798. The molecule has 2 rings (SSSR count). The van der Waals surface area contributed by atoms with Crippen molar-refractivity contribution in [2.24, 2.45) is 0 Å². The van der Waals surface area contributed by atoms with Gasteiger partial charge in [-0.1, -0.05) is 48.3 Å². The number of hydrogen-bond donors (Lipinski definition) is 1. The smallest absolute Gasteiger partial charge is 0.123 e. The van der Waals surface area contributed by atoms with Crippen LogP contribution in [0.4, 0.5) is 4.39 Å². The molecule has 0 bridgehead atoms. The van der Waals surface area contributed by atoms with Crippen LogP contribution in [-0.2, 0) is 0 Å². The van der Waals surface area contributed by atoms with Crippen LogP contribution in [0.1, 0.15) is 30.5 Å². The van der Waals surface area contributed by atoms with Crippen molar-refractivity contribution < 1.29 is 4.39 Å². The Labute approximate surface area is 128 Å². The minimum Gasteiger partial charge on any atom is -0.306 e. The fourth-order valence-corrected chi connectivity index (χ4v) is 2.64. The van der Waals surface area contributed by atoms with Crippen molar-refractivity contribution in [3.63, 3.8) is 0 Å². The van der Waals surface area contributed by atoms with Gasteiger partial charge < -0.3 is 5.32 Å². The zero-order valence-electron chi connectivity index (χ0n) is 11.2. The second-order valence-electron chi connectivity index (χ2n) is 4.61. The van der Waals surface area contributed by atoms with Gasteiger partial charge in [-0.05, 0) is 48.4 Å². The van der Waals surface area contributed by atoms with Crippen LogP contribution in [0.25, 0.3) is 0 Å². The average molecular weight is 312 g/mol. The molecule has 106 valence electrons. The summed E-state index contributed by atoms with van der Waals surface area (Å²) in [6.45, 7) is 2.90. The van der Waals surface area contributed by atoms with Gasteiger partial charge in [0, 0.05) is 10.0 Å². The molecule has 1 unspecified atom stereocenters. The average Bonchev–Trinajstić information content (AvgIpc) is 2.41. The number of halogens is 3. The van der Waals surface area contributed by atoms with E-state index in [1.54, 1.807) is 18.2 Å². The Kier molecular flexibility index (Phi) is 5.41. The monoisotopic (exact) mass is 311 g/mol.